The molecule has 2 aromatic heterocycles. The normalized spacial score (nSPS) is 11.8. The molecule has 140 valence electrons. The molecule has 0 unspecified atom stereocenters. The third kappa shape index (κ3) is 4.44. The van der Waals surface area contributed by atoms with E-state index in [1.807, 2.05) is 42.5 Å². The number of pyridine rings is 1. The van der Waals surface area contributed by atoms with Gasteiger partial charge in [-0.1, -0.05) is 18.2 Å². The molecule has 0 amide bonds. The predicted octanol–water partition coefficient (Wildman–Crippen LogP) is 2.68. The summed E-state index contributed by atoms with van der Waals surface area (Å²) in [4.78, 5) is 28.4. The second-order valence-electron chi connectivity index (χ2n) is 6.13. The van der Waals surface area contributed by atoms with Crippen molar-refractivity contribution in [1.82, 2.24) is 15.2 Å². The summed E-state index contributed by atoms with van der Waals surface area (Å²) >= 11 is 0. The quantitative estimate of drug-likeness (QED) is 0.626. The van der Waals surface area contributed by atoms with Crippen LogP contribution >= 0.6 is 0 Å². The van der Waals surface area contributed by atoms with Crippen LogP contribution in [0.1, 0.15) is 34.9 Å². The van der Waals surface area contributed by atoms with Gasteiger partial charge in [0.2, 0.25) is 0 Å². The number of nitrogens with one attached hydrogen (secondary N) is 2. The minimum atomic E-state index is -0.439. The van der Waals surface area contributed by atoms with Crippen LogP contribution in [0, 0.1) is 6.92 Å². The first-order valence-corrected chi connectivity index (χ1v) is 8.55. The number of aromatic amines is 2. The molecule has 7 heteroatoms. The molecule has 0 fully saturated rings. The van der Waals surface area contributed by atoms with Crippen LogP contribution in [-0.4, -0.2) is 28.3 Å². The number of hydrogen-bond donors (Lipinski definition) is 2. The molecule has 7 nitrogen and oxygen atoms in total. The lowest BCUT2D eigenvalue weighted by atomic mass is 9.88. The van der Waals surface area contributed by atoms with Crippen LogP contribution < -0.4 is 10.3 Å². The Balaban J connectivity index is 1.88. The van der Waals surface area contributed by atoms with Crippen LogP contribution in [-0.2, 0) is 16.1 Å². The van der Waals surface area contributed by atoms with Crippen LogP contribution in [0.4, 0.5) is 0 Å². The van der Waals surface area contributed by atoms with Gasteiger partial charge in [0, 0.05) is 23.4 Å². The van der Waals surface area contributed by atoms with Crippen molar-refractivity contribution in [2.45, 2.75) is 25.9 Å². The fourth-order valence-electron chi connectivity index (χ4n) is 2.97. The molecule has 3 aromatic rings. The topological polar surface area (TPSA) is 97.1 Å². The first kappa shape index (κ1) is 18.4. The number of H-pyrrole nitrogens is 2. The fraction of sp³-hybridized carbons (Fsp3) is 0.250. The predicted molar refractivity (Wildman–Crippen MR) is 99.6 cm³/mol. The van der Waals surface area contributed by atoms with E-state index in [0.29, 0.717) is 23.6 Å². The zero-order valence-corrected chi connectivity index (χ0v) is 15.2. The Morgan fingerprint density at radius 1 is 1.19 bits per heavy atom. The first-order valence-electron chi connectivity index (χ1n) is 8.55. The highest BCUT2D eigenvalue weighted by molar-refractivity contribution is 5.71. The Morgan fingerprint density at radius 3 is 2.70 bits per heavy atom. The highest BCUT2D eigenvalue weighted by atomic mass is 16.5. The van der Waals surface area contributed by atoms with Crippen LogP contribution in [0.25, 0.3) is 0 Å². The summed E-state index contributed by atoms with van der Waals surface area (Å²) in [5, 5.41) is 5.38. The van der Waals surface area contributed by atoms with Crippen molar-refractivity contribution < 1.29 is 14.3 Å². The number of aryl methyl sites for hydroxylation is 1. The van der Waals surface area contributed by atoms with Crippen LogP contribution in [0.2, 0.25) is 0 Å². The molecular formula is C20H21N3O4. The zero-order chi connectivity index (χ0) is 19.2. The van der Waals surface area contributed by atoms with Crippen molar-refractivity contribution in [1.29, 1.82) is 0 Å². The van der Waals surface area contributed by atoms with Gasteiger partial charge in [0.15, 0.2) is 0 Å². The summed E-state index contributed by atoms with van der Waals surface area (Å²) in [5.74, 6) is -0.191. The lowest BCUT2D eigenvalue weighted by molar-refractivity contribution is -0.140. The minimum absolute atomic E-state index is 0.0575. The second-order valence-corrected chi connectivity index (χ2v) is 6.13. The standard InChI is InChI=1S/C20H21N3O4/c1-13-19(20(25)23-22-13)17(11-18(24)26-2)14-6-5-8-16(10-14)27-12-15-7-3-4-9-21-15/h3-10,17H,11-12H2,1-2H3,(H2,22,23,25)/t17-/m1/s1. The Kier molecular flexibility index (Phi) is 5.71. The van der Waals surface area contributed by atoms with Gasteiger partial charge in [-0.05, 0) is 36.8 Å². The Hall–Kier alpha value is -3.35. The third-order valence-electron chi connectivity index (χ3n) is 4.33. The van der Waals surface area contributed by atoms with Gasteiger partial charge in [-0.2, -0.15) is 0 Å². The van der Waals surface area contributed by atoms with Crippen molar-refractivity contribution in [2.75, 3.05) is 7.11 Å². The van der Waals surface area contributed by atoms with E-state index in [1.54, 1.807) is 13.1 Å². The molecule has 0 aliphatic carbocycles. The van der Waals surface area contributed by atoms with Gasteiger partial charge in [0.25, 0.3) is 5.56 Å². The Morgan fingerprint density at radius 2 is 2.04 bits per heavy atom. The number of hydrogen-bond acceptors (Lipinski definition) is 5. The van der Waals surface area contributed by atoms with Crippen LogP contribution in [0.5, 0.6) is 5.75 Å². The SMILES string of the molecule is COC(=O)C[C@H](c1cccc(OCc2ccccn2)c1)c1c(C)[nH][nH]c1=O. The number of carbonyl (C=O) groups is 1. The van der Waals surface area contributed by atoms with Crippen molar-refractivity contribution >= 4 is 5.97 Å². The molecule has 0 saturated carbocycles. The molecular weight excluding hydrogens is 346 g/mol. The lowest BCUT2D eigenvalue weighted by Gasteiger charge is -2.16. The van der Waals surface area contributed by atoms with E-state index < -0.39 is 5.92 Å². The monoisotopic (exact) mass is 367 g/mol. The molecule has 27 heavy (non-hydrogen) atoms. The van der Waals surface area contributed by atoms with Crippen LogP contribution in [0.15, 0.2) is 53.5 Å². The average molecular weight is 367 g/mol. The maximum absolute atomic E-state index is 12.2. The smallest absolute Gasteiger partial charge is 0.306 e. The number of nitrogens with zero attached hydrogens (tertiary/aromatic N) is 1. The first-order chi connectivity index (χ1) is 13.1. The average Bonchev–Trinajstić information content (AvgIpc) is 3.03. The summed E-state index contributed by atoms with van der Waals surface area (Å²) in [5.41, 5.74) is 2.57. The molecule has 3 rings (SSSR count). The largest absolute Gasteiger partial charge is 0.487 e. The number of ether oxygens (including phenoxy) is 2. The van der Waals surface area contributed by atoms with Crippen molar-refractivity contribution in [3.8, 4) is 5.75 Å². The fourth-order valence-corrected chi connectivity index (χ4v) is 2.97. The number of rotatable bonds is 7. The minimum Gasteiger partial charge on any atom is -0.487 e. The summed E-state index contributed by atoms with van der Waals surface area (Å²) in [6.45, 7) is 2.12. The Bertz CT molecular complexity index is 963. The third-order valence-corrected chi connectivity index (χ3v) is 4.33. The summed E-state index contributed by atoms with van der Waals surface area (Å²) in [6.07, 6.45) is 1.77. The van der Waals surface area contributed by atoms with Crippen LogP contribution in [0.3, 0.4) is 0 Å². The van der Waals surface area contributed by atoms with Crippen molar-refractivity contribution in [3.05, 3.63) is 81.5 Å². The van der Waals surface area contributed by atoms with E-state index >= 15 is 0 Å². The van der Waals surface area contributed by atoms with Gasteiger partial charge < -0.3 is 14.6 Å². The zero-order valence-electron chi connectivity index (χ0n) is 15.2. The van der Waals surface area contributed by atoms with E-state index in [2.05, 4.69) is 15.2 Å². The van der Waals surface area contributed by atoms with E-state index in [9.17, 15) is 9.59 Å². The van der Waals surface area contributed by atoms with Gasteiger partial charge >= 0.3 is 5.97 Å². The van der Waals surface area contributed by atoms with Gasteiger partial charge in [0.05, 0.1) is 19.2 Å². The van der Waals surface area contributed by atoms with E-state index in [-0.39, 0.29) is 17.9 Å². The van der Waals surface area contributed by atoms with Crippen molar-refractivity contribution in [3.63, 3.8) is 0 Å². The molecule has 0 radical (unpaired) electrons. The summed E-state index contributed by atoms with van der Waals surface area (Å²) < 4.78 is 10.6. The number of benzene rings is 1. The molecule has 0 aliphatic rings. The lowest BCUT2D eigenvalue weighted by Crippen LogP contribution is -2.17. The number of aromatic nitrogens is 3. The molecule has 0 aliphatic heterocycles. The molecule has 1 aromatic carbocycles. The number of carbonyl (C=O) groups excluding carboxylic acids is 1. The molecule has 1 atom stereocenters. The van der Waals surface area contributed by atoms with E-state index in [0.717, 1.165) is 11.3 Å². The van der Waals surface area contributed by atoms with Gasteiger partial charge in [-0.25, -0.2) is 0 Å². The summed E-state index contributed by atoms with van der Waals surface area (Å²) in [6, 6.07) is 13.0. The van der Waals surface area contributed by atoms with Gasteiger partial charge in [-0.15, -0.1) is 0 Å². The second kappa shape index (κ2) is 8.35. The molecule has 0 bridgehead atoms. The highest BCUT2D eigenvalue weighted by Gasteiger charge is 2.24. The highest BCUT2D eigenvalue weighted by Crippen LogP contribution is 2.30. The summed E-state index contributed by atoms with van der Waals surface area (Å²) in [7, 11) is 1.33. The molecule has 2 heterocycles. The molecule has 0 spiro atoms. The number of methoxy groups -OCH3 is 1. The van der Waals surface area contributed by atoms with Gasteiger partial charge in [0.1, 0.15) is 12.4 Å². The van der Waals surface area contributed by atoms with E-state index in [1.165, 1.54) is 7.11 Å². The molecule has 2 N–H and O–H groups in total. The maximum atomic E-state index is 12.2. The van der Waals surface area contributed by atoms with Crippen molar-refractivity contribution in [2.24, 2.45) is 0 Å². The molecule has 0 saturated heterocycles. The Labute approximate surface area is 156 Å². The maximum Gasteiger partial charge on any atom is 0.306 e. The van der Waals surface area contributed by atoms with Gasteiger partial charge in [-0.3, -0.25) is 19.7 Å². The van der Waals surface area contributed by atoms with E-state index in [4.69, 9.17) is 9.47 Å². The number of esters is 1.